The minimum atomic E-state index is -0.284. The Labute approximate surface area is 115 Å². The largest absolute Gasteiger partial charge is 0.368 e. The summed E-state index contributed by atoms with van der Waals surface area (Å²) in [6.45, 7) is 7.01. The molecule has 3 heteroatoms. The molecule has 1 atom stereocenters. The van der Waals surface area contributed by atoms with Gasteiger partial charge in [-0.15, -0.1) is 0 Å². The summed E-state index contributed by atoms with van der Waals surface area (Å²) in [4.78, 5) is 12.3. The van der Waals surface area contributed by atoms with Crippen LogP contribution in [0, 0.1) is 6.92 Å². The normalized spacial score (nSPS) is 19.5. The van der Waals surface area contributed by atoms with Gasteiger partial charge in [-0.25, -0.2) is 0 Å². The first kappa shape index (κ1) is 14.1. The molecule has 1 saturated heterocycles. The molecular formula is C16H23NO2. The van der Waals surface area contributed by atoms with Crippen molar-refractivity contribution in [2.45, 2.75) is 52.1 Å². The van der Waals surface area contributed by atoms with Crippen molar-refractivity contribution in [1.29, 1.82) is 0 Å². The second-order valence-electron chi connectivity index (χ2n) is 5.54. The molecule has 1 aliphatic rings. The van der Waals surface area contributed by atoms with Gasteiger partial charge in [-0.2, -0.15) is 0 Å². The molecule has 0 aromatic heterocycles. The molecule has 1 fully saturated rings. The van der Waals surface area contributed by atoms with Crippen LogP contribution in [0.1, 0.15) is 50.2 Å². The van der Waals surface area contributed by atoms with Crippen molar-refractivity contribution < 1.29 is 9.53 Å². The number of hydrogen-bond acceptors (Lipinski definition) is 2. The number of benzene rings is 1. The lowest BCUT2D eigenvalue weighted by Crippen LogP contribution is -2.33. The minimum Gasteiger partial charge on any atom is -0.368 e. The van der Waals surface area contributed by atoms with Crippen molar-refractivity contribution in [3.8, 4) is 0 Å². The maximum atomic E-state index is 12.3. The smallest absolute Gasteiger partial charge is 0.253 e. The van der Waals surface area contributed by atoms with Crippen molar-refractivity contribution in [1.82, 2.24) is 0 Å². The van der Waals surface area contributed by atoms with Crippen LogP contribution < -0.4 is 5.32 Å². The van der Waals surface area contributed by atoms with Gasteiger partial charge in [0.2, 0.25) is 0 Å². The Bertz CT molecular complexity index is 448. The lowest BCUT2D eigenvalue weighted by molar-refractivity contribution is -0.129. The van der Waals surface area contributed by atoms with Crippen molar-refractivity contribution in [3.05, 3.63) is 29.3 Å². The van der Waals surface area contributed by atoms with Crippen LogP contribution in [0.4, 0.5) is 5.69 Å². The first-order chi connectivity index (χ1) is 9.09. The fourth-order valence-electron chi connectivity index (χ4n) is 2.49. The average Bonchev–Trinajstić information content (AvgIpc) is 2.41. The Morgan fingerprint density at radius 3 is 2.79 bits per heavy atom. The molecule has 1 amide bonds. The van der Waals surface area contributed by atoms with Gasteiger partial charge < -0.3 is 10.1 Å². The van der Waals surface area contributed by atoms with Crippen LogP contribution >= 0.6 is 0 Å². The van der Waals surface area contributed by atoms with E-state index in [0.717, 1.165) is 30.5 Å². The summed E-state index contributed by atoms with van der Waals surface area (Å²) in [6, 6.07) is 6.15. The maximum absolute atomic E-state index is 12.3. The number of amides is 1. The lowest BCUT2D eigenvalue weighted by atomic mass is 9.98. The third kappa shape index (κ3) is 3.35. The van der Waals surface area contributed by atoms with E-state index >= 15 is 0 Å². The number of hydrogen-bond donors (Lipinski definition) is 1. The summed E-state index contributed by atoms with van der Waals surface area (Å²) >= 11 is 0. The Morgan fingerprint density at radius 1 is 1.37 bits per heavy atom. The average molecular weight is 261 g/mol. The van der Waals surface area contributed by atoms with Gasteiger partial charge in [0.1, 0.15) is 6.10 Å². The van der Waals surface area contributed by atoms with Crippen molar-refractivity contribution in [2.24, 2.45) is 0 Å². The SMILES string of the molecule is Cc1cccc(C(C)C)c1NC(=O)C1CCCCO1. The van der Waals surface area contributed by atoms with Crippen molar-refractivity contribution in [3.63, 3.8) is 0 Å². The summed E-state index contributed by atoms with van der Waals surface area (Å²) in [7, 11) is 0. The van der Waals surface area contributed by atoms with Crippen LogP contribution in [0.5, 0.6) is 0 Å². The maximum Gasteiger partial charge on any atom is 0.253 e. The third-order valence-electron chi connectivity index (χ3n) is 3.65. The molecule has 1 aromatic carbocycles. The molecular weight excluding hydrogens is 238 g/mol. The highest BCUT2D eigenvalue weighted by Crippen LogP contribution is 2.28. The number of aryl methyl sites for hydroxylation is 1. The van der Waals surface area contributed by atoms with Crippen LogP contribution in [-0.4, -0.2) is 18.6 Å². The standard InChI is InChI=1S/C16H23NO2/c1-11(2)13-8-6-7-12(3)15(13)17-16(18)14-9-4-5-10-19-14/h6-8,11,14H,4-5,9-10H2,1-3H3,(H,17,18). The number of rotatable bonds is 3. The zero-order valence-electron chi connectivity index (χ0n) is 12.0. The molecule has 19 heavy (non-hydrogen) atoms. The predicted octanol–water partition coefficient (Wildman–Crippen LogP) is 3.63. The van der Waals surface area contributed by atoms with Crippen molar-refractivity contribution in [2.75, 3.05) is 11.9 Å². The molecule has 1 aliphatic heterocycles. The zero-order chi connectivity index (χ0) is 13.8. The highest BCUT2D eigenvalue weighted by molar-refractivity contribution is 5.95. The molecule has 0 radical (unpaired) electrons. The van der Waals surface area contributed by atoms with Crippen LogP contribution in [-0.2, 0) is 9.53 Å². The van der Waals surface area contributed by atoms with Gasteiger partial charge in [0.15, 0.2) is 0 Å². The second-order valence-corrected chi connectivity index (χ2v) is 5.54. The summed E-state index contributed by atoms with van der Waals surface area (Å²) in [5, 5.41) is 3.07. The molecule has 0 spiro atoms. The van der Waals surface area contributed by atoms with Gasteiger partial charge in [-0.3, -0.25) is 4.79 Å². The molecule has 104 valence electrons. The Balaban J connectivity index is 2.15. The van der Waals surface area contributed by atoms with E-state index in [9.17, 15) is 4.79 Å². The number of anilines is 1. The summed E-state index contributed by atoms with van der Waals surface area (Å²) in [6.07, 6.45) is 2.68. The zero-order valence-corrected chi connectivity index (χ0v) is 12.0. The van der Waals surface area contributed by atoms with E-state index < -0.39 is 0 Å². The minimum absolute atomic E-state index is 0.00380. The van der Waals surface area contributed by atoms with Gasteiger partial charge in [0.05, 0.1) is 0 Å². The summed E-state index contributed by atoms with van der Waals surface area (Å²) < 4.78 is 5.54. The van der Waals surface area contributed by atoms with E-state index in [2.05, 4.69) is 25.2 Å². The van der Waals surface area contributed by atoms with E-state index in [1.165, 1.54) is 5.56 Å². The fraction of sp³-hybridized carbons (Fsp3) is 0.562. The van der Waals surface area contributed by atoms with Gasteiger partial charge in [0.25, 0.3) is 5.91 Å². The van der Waals surface area contributed by atoms with Crippen LogP contribution in [0.2, 0.25) is 0 Å². The molecule has 0 saturated carbocycles. The van der Waals surface area contributed by atoms with Gasteiger partial charge >= 0.3 is 0 Å². The number of ether oxygens (including phenoxy) is 1. The van der Waals surface area contributed by atoms with Crippen LogP contribution in [0.25, 0.3) is 0 Å². The first-order valence-corrected chi connectivity index (χ1v) is 7.11. The fourth-order valence-corrected chi connectivity index (χ4v) is 2.49. The molecule has 2 rings (SSSR count). The predicted molar refractivity (Wildman–Crippen MR) is 77.5 cm³/mol. The third-order valence-corrected chi connectivity index (χ3v) is 3.65. The molecule has 3 nitrogen and oxygen atoms in total. The van der Waals surface area contributed by atoms with Crippen molar-refractivity contribution >= 4 is 11.6 Å². The monoisotopic (exact) mass is 261 g/mol. The van der Waals surface area contributed by atoms with Crippen LogP contribution in [0.3, 0.4) is 0 Å². The highest BCUT2D eigenvalue weighted by atomic mass is 16.5. The van der Waals surface area contributed by atoms with E-state index in [1.807, 2.05) is 19.1 Å². The first-order valence-electron chi connectivity index (χ1n) is 7.11. The molecule has 0 bridgehead atoms. The van der Waals surface area contributed by atoms with E-state index in [0.29, 0.717) is 12.5 Å². The molecule has 1 heterocycles. The molecule has 1 N–H and O–H groups in total. The quantitative estimate of drug-likeness (QED) is 0.902. The summed E-state index contributed by atoms with van der Waals surface area (Å²) in [5.74, 6) is 0.387. The Kier molecular flexibility index (Phi) is 4.59. The second kappa shape index (κ2) is 6.20. The number of carbonyl (C=O) groups excluding carboxylic acids is 1. The van der Waals surface area contributed by atoms with Gasteiger partial charge in [0, 0.05) is 12.3 Å². The van der Waals surface area contributed by atoms with E-state index in [4.69, 9.17) is 4.74 Å². The van der Waals surface area contributed by atoms with Crippen LogP contribution in [0.15, 0.2) is 18.2 Å². The Morgan fingerprint density at radius 2 is 2.16 bits per heavy atom. The molecule has 1 aromatic rings. The molecule has 0 aliphatic carbocycles. The van der Waals surface area contributed by atoms with E-state index in [1.54, 1.807) is 0 Å². The lowest BCUT2D eigenvalue weighted by Gasteiger charge is -2.23. The van der Waals surface area contributed by atoms with Gasteiger partial charge in [-0.05, 0) is 43.2 Å². The topological polar surface area (TPSA) is 38.3 Å². The molecule has 1 unspecified atom stereocenters. The van der Waals surface area contributed by atoms with Gasteiger partial charge in [-0.1, -0.05) is 32.0 Å². The summed E-state index contributed by atoms with van der Waals surface area (Å²) in [5.41, 5.74) is 3.25. The Hall–Kier alpha value is -1.35. The number of carbonyl (C=O) groups is 1. The number of nitrogens with one attached hydrogen (secondary N) is 1. The number of para-hydroxylation sites is 1. The highest BCUT2D eigenvalue weighted by Gasteiger charge is 2.23. The van der Waals surface area contributed by atoms with E-state index in [-0.39, 0.29) is 12.0 Å².